The van der Waals surface area contributed by atoms with Crippen LogP contribution in [0.15, 0.2) is 60.7 Å². The van der Waals surface area contributed by atoms with Gasteiger partial charge in [-0.2, -0.15) is 0 Å². The molecular formula is C34H42F2N2O4S. The Morgan fingerprint density at radius 2 is 1.72 bits per heavy atom. The molecule has 4 rings (SSSR count). The van der Waals surface area contributed by atoms with E-state index in [1.54, 1.807) is 0 Å². The maximum Gasteiger partial charge on any atom is 0.254 e. The monoisotopic (exact) mass is 612 g/mol. The second-order valence-corrected chi connectivity index (χ2v) is 14.4. The van der Waals surface area contributed by atoms with Crippen LogP contribution < -0.4 is 5.73 Å². The fourth-order valence-corrected chi connectivity index (χ4v) is 8.43. The zero-order chi connectivity index (χ0) is 31.3. The molecule has 43 heavy (non-hydrogen) atoms. The fraction of sp³-hybridized carbons (Fsp3) is 0.500. The Kier molecular flexibility index (Phi) is 10.8. The number of hydrogen-bond donors (Lipinski definition) is 1. The van der Waals surface area contributed by atoms with E-state index >= 15 is 4.39 Å². The van der Waals surface area contributed by atoms with Gasteiger partial charge in [-0.05, 0) is 97.1 Å². The maximum absolute atomic E-state index is 15.0. The highest BCUT2D eigenvalue weighted by Crippen LogP contribution is 2.54. The third-order valence-corrected chi connectivity index (χ3v) is 10.1. The Morgan fingerprint density at radius 3 is 2.35 bits per heavy atom. The van der Waals surface area contributed by atoms with Gasteiger partial charge in [0.15, 0.2) is 0 Å². The quantitative estimate of drug-likeness (QED) is 0.300. The molecule has 2 N–H and O–H groups in total. The summed E-state index contributed by atoms with van der Waals surface area (Å²) in [7, 11) is -1.76. The molecule has 5 unspecified atom stereocenters. The van der Waals surface area contributed by atoms with Crippen molar-refractivity contribution in [3.05, 3.63) is 83.4 Å². The molecule has 0 saturated heterocycles. The highest BCUT2D eigenvalue weighted by atomic mass is 32.2. The zero-order valence-corrected chi connectivity index (χ0v) is 26.0. The molecule has 0 radical (unpaired) electrons. The van der Waals surface area contributed by atoms with Gasteiger partial charge >= 0.3 is 0 Å². The van der Waals surface area contributed by atoms with E-state index in [1.165, 1.54) is 12.1 Å². The lowest BCUT2D eigenvalue weighted by Crippen LogP contribution is -2.42. The van der Waals surface area contributed by atoms with Gasteiger partial charge in [-0.1, -0.05) is 51.1 Å². The molecule has 0 bridgehead atoms. The highest BCUT2D eigenvalue weighted by molar-refractivity contribution is 7.85. The zero-order valence-electron chi connectivity index (χ0n) is 25.1. The van der Waals surface area contributed by atoms with E-state index < -0.39 is 40.2 Å². The summed E-state index contributed by atoms with van der Waals surface area (Å²) in [4.78, 5) is 38.9. The minimum atomic E-state index is -1.76. The molecule has 0 aromatic heterocycles. The lowest BCUT2D eigenvalue weighted by atomic mass is 9.61. The van der Waals surface area contributed by atoms with Crippen molar-refractivity contribution in [3.8, 4) is 0 Å². The molecule has 2 aliphatic rings. The number of nitrogens with two attached hydrogens (primary N) is 1. The van der Waals surface area contributed by atoms with Crippen LogP contribution in [0.1, 0.15) is 63.5 Å². The molecule has 2 aromatic carbocycles. The largest absolute Gasteiger partial charge is 0.330 e. The van der Waals surface area contributed by atoms with Gasteiger partial charge in [-0.3, -0.25) is 23.5 Å². The first-order valence-corrected chi connectivity index (χ1v) is 16.5. The van der Waals surface area contributed by atoms with Crippen molar-refractivity contribution in [3.63, 3.8) is 0 Å². The van der Waals surface area contributed by atoms with Crippen molar-refractivity contribution < 1.29 is 27.4 Å². The Hall–Kier alpha value is -3.04. The topological polar surface area (TPSA) is 97.5 Å². The summed E-state index contributed by atoms with van der Waals surface area (Å²) in [5.74, 6) is -3.52. The summed E-state index contributed by atoms with van der Waals surface area (Å²) in [6, 6.07) is 13.7. The summed E-state index contributed by atoms with van der Waals surface area (Å²) < 4.78 is 42.4. The molecule has 6 nitrogen and oxygen atoms in total. The van der Waals surface area contributed by atoms with Crippen molar-refractivity contribution in [1.29, 1.82) is 0 Å². The van der Waals surface area contributed by atoms with Crippen LogP contribution in [0.3, 0.4) is 0 Å². The average molecular weight is 613 g/mol. The van der Waals surface area contributed by atoms with Crippen molar-refractivity contribution >= 4 is 28.4 Å². The van der Waals surface area contributed by atoms with E-state index in [1.807, 2.05) is 18.2 Å². The summed E-state index contributed by atoms with van der Waals surface area (Å²) in [6.07, 6.45) is 5.35. The van der Waals surface area contributed by atoms with Crippen molar-refractivity contribution in [2.45, 2.75) is 58.8 Å². The number of carbonyl (C=O) groups excluding carboxylic acids is 3. The number of carbonyl (C=O) groups is 3. The molecule has 232 valence electrons. The van der Waals surface area contributed by atoms with Gasteiger partial charge < -0.3 is 5.73 Å². The van der Waals surface area contributed by atoms with Crippen LogP contribution in [0.4, 0.5) is 8.78 Å². The summed E-state index contributed by atoms with van der Waals surface area (Å²) in [5, 5.41) is 0. The second-order valence-electron chi connectivity index (χ2n) is 13.0. The van der Waals surface area contributed by atoms with Gasteiger partial charge in [0.25, 0.3) is 11.8 Å². The molecule has 1 heterocycles. The molecular weight excluding hydrogens is 570 g/mol. The highest BCUT2D eigenvalue weighted by Gasteiger charge is 2.48. The standard InChI is InChI=1S/C34H42F2N2O4S/c1-34(2,3)33(26(10-7-15-37)30(39)20-43(42)21-38-31(40)13-14-32(38)41)28-18-24(27-19-25(35)11-12-29(27)36)17-23(28)16-22-8-5-4-6-9-22/h4-6,8-9,11-14,19,23-24,26,28,33H,7,10,15-18,20-21,37H2,1-3H3/t23?,24?,26?,28?,33-,43?/m0/s1. The van der Waals surface area contributed by atoms with Crippen LogP contribution >= 0.6 is 0 Å². The number of hydrogen-bond acceptors (Lipinski definition) is 5. The van der Waals surface area contributed by atoms with E-state index in [4.69, 9.17) is 5.73 Å². The molecule has 1 aliphatic carbocycles. The van der Waals surface area contributed by atoms with Gasteiger partial charge in [0.2, 0.25) is 0 Å². The molecule has 2 aromatic rings. The number of benzene rings is 2. The summed E-state index contributed by atoms with van der Waals surface area (Å²) in [6.45, 7) is 6.68. The molecule has 1 saturated carbocycles. The number of halogens is 2. The number of amides is 2. The number of nitrogens with zero attached hydrogens (tertiary/aromatic N) is 1. The number of rotatable bonds is 13. The first-order valence-electron chi connectivity index (χ1n) is 15.0. The predicted octanol–water partition coefficient (Wildman–Crippen LogP) is 5.54. The third kappa shape index (κ3) is 8.12. The molecule has 1 fully saturated rings. The smallest absolute Gasteiger partial charge is 0.254 e. The Morgan fingerprint density at radius 1 is 1.05 bits per heavy atom. The van der Waals surface area contributed by atoms with Crippen molar-refractivity contribution in [2.24, 2.45) is 34.8 Å². The van der Waals surface area contributed by atoms with E-state index in [2.05, 4.69) is 32.9 Å². The van der Waals surface area contributed by atoms with Crippen LogP contribution in [0.25, 0.3) is 0 Å². The first kappa shape index (κ1) is 32.9. The van der Waals surface area contributed by atoms with E-state index in [0.29, 0.717) is 37.8 Å². The molecule has 1 aliphatic heterocycles. The molecule has 0 spiro atoms. The van der Waals surface area contributed by atoms with E-state index in [-0.39, 0.29) is 46.5 Å². The van der Waals surface area contributed by atoms with Gasteiger partial charge in [-0.25, -0.2) is 8.78 Å². The lowest BCUT2D eigenvalue weighted by molar-refractivity contribution is -0.135. The number of Topliss-reactive ketones (excluding diaryl/α,β-unsaturated/α-hetero) is 1. The van der Waals surface area contributed by atoms with Gasteiger partial charge in [-0.15, -0.1) is 0 Å². The normalized spacial score (nSPS) is 22.7. The first-order chi connectivity index (χ1) is 20.4. The van der Waals surface area contributed by atoms with E-state index in [9.17, 15) is 23.0 Å². The van der Waals surface area contributed by atoms with Crippen LogP contribution in [-0.2, 0) is 31.6 Å². The Labute approximate surface area is 255 Å². The van der Waals surface area contributed by atoms with Gasteiger partial charge in [0, 0.05) is 28.9 Å². The summed E-state index contributed by atoms with van der Waals surface area (Å²) >= 11 is 0. The Balaban J connectivity index is 1.66. The van der Waals surface area contributed by atoms with Gasteiger partial charge in [0.1, 0.15) is 23.3 Å². The SMILES string of the molecule is CC(C)(C)[C@@H](C(CCCN)C(=O)CS(=O)CN1C(=O)C=CC1=O)C1CC(c2cc(F)ccc2F)CC1Cc1ccccc1. The minimum absolute atomic E-state index is 0.000953. The predicted molar refractivity (Wildman–Crippen MR) is 164 cm³/mol. The number of imide groups is 1. The number of ketones is 1. The third-order valence-electron chi connectivity index (χ3n) is 8.99. The Bertz CT molecular complexity index is 1360. The van der Waals surface area contributed by atoms with Crippen molar-refractivity contribution in [1.82, 2.24) is 4.90 Å². The van der Waals surface area contributed by atoms with Crippen LogP contribution in [0.5, 0.6) is 0 Å². The molecule has 9 heteroatoms. The molecule has 2 amide bonds. The van der Waals surface area contributed by atoms with Crippen LogP contribution in [-0.4, -0.2) is 44.9 Å². The van der Waals surface area contributed by atoms with Crippen LogP contribution in [0.2, 0.25) is 0 Å². The van der Waals surface area contributed by atoms with E-state index in [0.717, 1.165) is 35.1 Å². The lowest BCUT2D eigenvalue weighted by Gasteiger charge is -2.43. The summed E-state index contributed by atoms with van der Waals surface area (Å²) in [5.41, 5.74) is 7.06. The fourth-order valence-electron chi connectivity index (χ4n) is 7.27. The van der Waals surface area contributed by atoms with Crippen LogP contribution in [0, 0.1) is 40.7 Å². The van der Waals surface area contributed by atoms with Crippen molar-refractivity contribution in [2.75, 3.05) is 18.2 Å². The van der Waals surface area contributed by atoms with Gasteiger partial charge in [0.05, 0.1) is 5.75 Å². The maximum atomic E-state index is 15.0. The average Bonchev–Trinajstić information content (AvgIpc) is 3.49. The second kappa shape index (κ2) is 14.2. The minimum Gasteiger partial charge on any atom is -0.330 e. The molecule has 6 atom stereocenters.